The van der Waals surface area contributed by atoms with Crippen molar-refractivity contribution in [3.05, 3.63) is 34.3 Å². The first-order valence-electron chi connectivity index (χ1n) is 5.76. The molecule has 0 fully saturated rings. The first-order chi connectivity index (χ1) is 8.28. The maximum Gasteiger partial charge on any atom is 0.407 e. The zero-order valence-corrected chi connectivity index (χ0v) is 12.5. The number of ether oxygens (including phenoxy) is 1. The minimum Gasteiger partial charge on any atom is -0.444 e. The maximum atomic E-state index is 11.5. The summed E-state index contributed by atoms with van der Waals surface area (Å²) in [5.74, 6) is 0. The SMILES string of the molecule is CC(C)(C)OC(=O)NC[C@H](N)c1cccc(Br)c1. The second kappa shape index (κ2) is 6.20. The molecular weight excluding hydrogens is 296 g/mol. The number of hydrogen-bond donors (Lipinski definition) is 2. The van der Waals surface area contributed by atoms with E-state index in [0.29, 0.717) is 6.54 Å². The van der Waals surface area contributed by atoms with Crippen molar-refractivity contribution in [1.82, 2.24) is 5.32 Å². The first kappa shape index (κ1) is 15.0. The molecule has 1 aromatic rings. The molecule has 0 aliphatic rings. The molecule has 1 rings (SSSR count). The van der Waals surface area contributed by atoms with Crippen molar-refractivity contribution in [3.8, 4) is 0 Å². The lowest BCUT2D eigenvalue weighted by Crippen LogP contribution is -2.36. The van der Waals surface area contributed by atoms with Crippen LogP contribution in [-0.4, -0.2) is 18.2 Å². The molecule has 100 valence electrons. The number of alkyl carbamates (subject to hydrolysis) is 1. The Morgan fingerprint density at radius 2 is 2.17 bits per heavy atom. The summed E-state index contributed by atoms with van der Waals surface area (Å²) in [6.07, 6.45) is -0.451. The average molecular weight is 315 g/mol. The van der Waals surface area contributed by atoms with E-state index in [1.807, 2.05) is 45.0 Å². The minimum atomic E-state index is -0.496. The van der Waals surface area contributed by atoms with Crippen molar-refractivity contribution in [1.29, 1.82) is 0 Å². The van der Waals surface area contributed by atoms with Gasteiger partial charge in [0.2, 0.25) is 0 Å². The molecule has 0 aromatic heterocycles. The van der Waals surface area contributed by atoms with Gasteiger partial charge in [-0.25, -0.2) is 4.79 Å². The number of nitrogens with one attached hydrogen (secondary N) is 1. The predicted octanol–water partition coefficient (Wildman–Crippen LogP) is 2.97. The third-order valence-corrected chi connectivity index (χ3v) is 2.64. The molecule has 0 saturated carbocycles. The molecule has 1 aromatic carbocycles. The molecule has 0 spiro atoms. The van der Waals surface area contributed by atoms with Crippen LogP contribution >= 0.6 is 15.9 Å². The lowest BCUT2D eigenvalue weighted by atomic mass is 10.1. The Hall–Kier alpha value is -1.07. The quantitative estimate of drug-likeness (QED) is 0.901. The van der Waals surface area contributed by atoms with E-state index in [9.17, 15) is 4.79 Å². The van der Waals surface area contributed by atoms with E-state index in [1.54, 1.807) is 0 Å². The summed E-state index contributed by atoms with van der Waals surface area (Å²) >= 11 is 3.38. The number of halogens is 1. The largest absolute Gasteiger partial charge is 0.444 e. The van der Waals surface area contributed by atoms with E-state index in [4.69, 9.17) is 10.5 Å². The molecule has 1 amide bonds. The van der Waals surface area contributed by atoms with Gasteiger partial charge >= 0.3 is 6.09 Å². The Morgan fingerprint density at radius 1 is 1.50 bits per heavy atom. The number of carbonyl (C=O) groups excluding carboxylic acids is 1. The van der Waals surface area contributed by atoms with Gasteiger partial charge in [-0.1, -0.05) is 28.1 Å². The average Bonchev–Trinajstić information content (AvgIpc) is 2.23. The molecule has 0 bridgehead atoms. The summed E-state index contributed by atoms with van der Waals surface area (Å²) in [5.41, 5.74) is 6.45. The van der Waals surface area contributed by atoms with Gasteiger partial charge < -0.3 is 15.8 Å². The highest BCUT2D eigenvalue weighted by Gasteiger charge is 2.16. The van der Waals surface area contributed by atoms with E-state index in [0.717, 1.165) is 10.0 Å². The van der Waals surface area contributed by atoms with Crippen LogP contribution in [0.15, 0.2) is 28.7 Å². The summed E-state index contributed by atoms with van der Waals surface area (Å²) < 4.78 is 6.10. The van der Waals surface area contributed by atoms with Gasteiger partial charge in [-0.3, -0.25) is 0 Å². The topological polar surface area (TPSA) is 64.3 Å². The van der Waals surface area contributed by atoms with Crippen LogP contribution in [0, 0.1) is 0 Å². The minimum absolute atomic E-state index is 0.255. The molecule has 5 heteroatoms. The molecule has 18 heavy (non-hydrogen) atoms. The molecule has 0 aliphatic carbocycles. The van der Waals surface area contributed by atoms with Gasteiger partial charge in [0, 0.05) is 17.1 Å². The molecule has 1 atom stereocenters. The Labute approximate surface area is 116 Å². The molecule has 4 nitrogen and oxygen atoms in total. The standard InChI is InChI=1S/C13H19BrN2O2/c1-13(2,3)18-12(17)16-8-11(15)9-5-4-6-10(14)7-9/h4-7,11H,8,15H2,1-3H3,(H,16,17)/t11-/m0/s1. The second-order valence-electron chi connectivity index (χ2n) is 5.04. The molecule has 3 N–H and O–H groups in total. The van der Waals surface area contributed by atoms with Gasteiger partial charge in [0.15, 0.2) is 0 Å². The van der Waals surface area contributed by atoms with Gasteiger partial charge in [-0.05, 0) is 38.5 Å². The fourth-order valence-electron chi connectivity index (χ4n) is 1.36. The van der Waals surface area contributed by atoms with Gasteiger partial charge in [-0.2, -0.15) is 0 Å². The Bertz CT molecular complexity index is 416. The lowest BCUT2D eigenvalue weighted by Gasteiger charge is -2.21. The first-order valence-corrected chi connectivity index (χ1v) is 6.55. The highest BCUT2D eigenvalue weighted by Crippen LogP contribution is 2.16. The summed E-state index contributed by atoms with van der Waals surface area (Å²) in [6.45, 7) is 5.80. The molecule has 0 radical (unpaired) electrons. The molecule has 0 aliphatic heterocycles. The normalized spacial score (nSPS) is 12.9. The number of amides is 1. The Morgan fingerprint density at radius 3 is 2.72 bits per heavy atom. The van der Waals surface area contributed by atoms with Crippen LogP contribution in [0.25, 0.3) is 0 Å². The fourth-order valence-corrected chi connectivity index (χ4v) is 1.78. The van der Waals surface area contributed by atoms with Gasteiger partial charge in [0.05, 0.1) is 0 Å². The zero-order chi connectivity index (χ0) is 13.8. The predicted molar refractivity (Wildman–Crippen MR) is 75.3 cm³/mol. The van der Waals surface area contributed by atoms with Crippen molar-refractivity contribution in [2.24, 2.45) is 5.73 Å². The zero-order valence-electron chi connectivity index (χ0n) is 10.9. The number of benzene rings is 1. The molecule has 0 unspecified atom stereocenters. The lowest BCUT2D eigenvalue weighted by molar-refractivity contribution is 0.0524. The number of hydrogen-bond acceptors (Lipinski definition) is 3. The van der Waals surface area contributed by atoms with Gasteiger partial charge in [0.25, 0.3) is 0 Å². The molecular formula is C13H19BrN2O2. The fraction of sp³-hybridized carbons (Fsp3) is 0.462. The second-order valence-corrected chi connectivity index (χ2v) is 5.96. The van der Waals surface area contributed by atoms with E-state index in [-0.39, 0.29) is 6.04 Å². The van der Waals surface area contributed by atoms with E-state index < -0.39 is 11.7 Å². The van der Waals surface area contributed by atoms with Crippen molar-refractivity contribution in [2.75, 3.05) is 6.54 Å². The third kappa shape index (κ3) is 5.51. The van der Waals surface area contributed by atoms with Crippen LogP contribution < -0.4 is 11.1 Å². The van der Waals surface area contributed by atoms with E-state index in [2.05, 4.69) is 21.2 Å². The highest BCUT2D eigenvalue weighted by atomic mass is 79.9. The van der Waals surface area contributed by atoms with Crippen LogP contribution in [0.2, 0.25) is 0 Å². The summed E-state index contributed by atoms with van der Waals surface area (Å²) in [4.78, 5) is 11.5. The van der Waals surface area contributed by atoms with Crippen molar-refractivity contribution >= 4 is 22.0 Å². The smallest absolute Gasteiger partial charge is 0.407 e. The third-order valence-electron chi connectivity index (χ3n) is 2.14. The van der Waals surface area contributed by atoms with Crippen LogP contribution in [0.4, 0.5) is 4.79 Å². The van der Waals surface area contributed by atoms with Crippen LogP contribution in [0.5, 0.6) is 0 Å². The summed E-state index contributed by atoms with van der Waals surface area (Å²) in [7, 11) is 0. The monoisotopic (exact) mass is 314 g/mol. The summed E-state index contributed by atoms with van der Waals surface area (Å²) in [5, 5.41) is 2.66. The maximum absolute atomic E-state index is 11.5. The Balaban J connectivity index is 2.46. The van der Waals surface area contributed by atoms with Crippen LogP contribution in [-0.2, 0) is 4.74 Å². The number of rotatable bonds is 3. The van der Waals surface area contributed by atoms with Crippen LogP contribution in [0.3, 0.4) is 0 Å². The summed E-state index contributed by atoms with van der Waals surface area (Å²) in [6, 6.07) is 7.44. The highest BCUT2D eigenvalue weighted by molar-refractivity contribution is 9.10. The van der Waals surface area contributed by atoms with Crippen molar-refractivity contribution < 1.29 is 9.53 Å². The number of nitrogens with two attached hydrogens (primary N) is 1. The van der Waals surface area contributed by atoms with Crippen molar-refractivity contribution in [2.45, 2.75) is 32.4 Å². The molecule has 0 saturated heterocycles. The Kier molecular flexibility index (Phi) is 5.16. The van der Waals surface area contributed by atoms with Gasteiger partial charge in [0.1, 0.15) is 5.60 Å². The number of carbonyl (C=O) groups is 1. The van der Waals surface area contributed by atoms with Crippen molar-refractivity contribution in [3.63, 3.8) is 0 Å². The van der Waals surface area contributed by atoms with E-state index in [1.165, 1.54) is 0 Å². The van der Waals surface area contributed by atoms with Crippen LogP contribution in [0.1, 0.15) is 32.4 Å². The molecule has 0 heterocycles. The van der Waals surface area contributed by atoms with Gasteiger partial charge in [-0.15, -0.1) is 0 Å². The van der Waals surface area contributed by atoms with E-state index >= 15 is 0 Å².